The predicted molar refractivity (Wildman–Crippen MR) is 74.2 cm³/mol. The van der Waals surface area contributed by atoms with E-state index in [0.717, 1.165) is 0 Å². The minimum atomic E-state index is -0.433. The van der Waals surface area contributed by atoms with Gasteiger partial charge in [-0.3, -0.25) is 0 Å². The molecular weight excluding hydrogens is 339 g/mol. The third-order valence-electron chi connectivity index (χ3n) is 2.48. The Morgan fingerprint density at radius 3 is 2.79 bits per heavy atom. The van der Waals surface area contributed by atoms with E-state index in [9.17, 15) is 4.39 Å². The van der Waals surface area contributed by atoms with Gasteiger partial charge in [-0.25, -0.2) is 4.39 Å². The lowest BCUT2D eigenvalue weighted by Crippen LogP contribution is -2.12. The highest BCUT2D eigenvalue weighted by Crippen LogP contribution is 2.33. The number of nitrogens with one attached hydrogen (secondary N) is 2. The van der Waals surface area contributed by atoms with Gasteiger partial charge in [-0.15, -0.1) is 5.10 Å². The molecule has 102 valence electrons. The van der Waals surface area contributed by atoms with Crippen LogP contribution in [0.4, 0.5) is 16.1 Å². The molecule has 2 N–H and O–H groups in total. The van der Waals surface area contributed by atoms with E-state index in [1.54, 1.807) is 7.05 Å². The van der Waals surface area contributed by atoms with Crippen LogP contribution < -0.4 is 10.6 Å². The molecule has 1 atom stereocenters. The first kappa shape index (κ1) is 14.2. The van der Waals surface area contributed by atoms with E-state index in [2.05, 4.69) is 36.8 Å². The van der Waals surface area contributed by atoms with Crippen molar-refractivity contribution in [2.24, 2.45) is 0 Å². The topological polar surface area (TPSA) is 63.0 Å². The first-order chi connectivity index (χ1) is 9.01. The summed E-state index contributed by atoms with van der Waals surface area (Å²) in [4.78, 5) is 0. The maximum atomic E-state index is 13.1. The van der Waals surface area contributed by atoms with Gasteiger partial charge in [-0.2, -0.15) is 0 Å². The fraction of sp³-hybridized carbons (Fsp3) is 0.273. The Hall–Kier alpha value is -1.18. The fourth-order valence-electron chi connectivity index (χ4n) is 1.35. The van der Waals surface area contributed by atoms with Crippen LogP contribution in [0, 0.1) is 5.82 Å². The molecule has 1 aromatic heterocycles. The average molecular weight is 350 g/mol. The summed E-state index contributed by atoms with van der Waals surface area (Å²) in [5.74, 6) is 0.0109. The molecule has 0 saturated carbocycles. The molecule has 2 rings (SSSR count). The number of hydrogen-bond acceptors (Lipinski definition) is 5. The molecule has 1 aromatic carbocycles. The molecule has 0 bridgehead atoms. The van der Waals surface area contributed by atoms with Crippen LogP contribution >= 0.6 is 27.5 Å². The molecule has 1 unspecified atom stereocenters. The molecule has 0 radical (unpaired) electrons. The number of aromatic nitrogens is 2. The number of halogens is 3. The van der Waals surface area contributed by atoms with Crippen LogP contribution in [-0.2, 0) is 0 Å². The summed E-state index contributed by atoms with van der Waals surface area (Å²) in [6, 6.07) is 2.62. The zero-order chi connectivity index (χ0) is 14.0. The van der Waals surface area contributed by atoms with Crippen LogP contribution in [0.15, 0.2) is 21.0 Å². The molecule has 1 heterocycles. The van der Waals surface area contributed by atoms with E-state index in [1.165, 1.54) is 12.1 Å². The molecule has 5 nitrogen and oxygen atoms in total. The van der Waals surface area contributed by atoms with E-state index in [-0.39, 0.29) is 17.1 Å². The van der Waals surface area contributed by atoms with Gasteiger partial charge in [0.15, 0.2) is 0 Å². The summed E-state index contributed by atoms with van der Waals surface area (Å²) in [6.07, 6.45) is 0. The molecule has 0 aliphatic rings. The van der Waals surface area contributed by atoms with Gasteiger partial charge in [0, 0.05) is 4.47 Å². The molecule has 0 amide bonds. The van der Waals surface area contributed by atoms with Gasteiger partial charge in [-0.05, 0) is 42.0 Å². The molecule has 0 fully saturated rings. The van der Waals surface area contributed by atoms with E-state index in [4.69, 9.17) is 16.0 Å². The molecule has 0 spiro atoms. The second-order valence-corrected chi connectivity index (χ2v) is 5.09. The minimum Gasteiger partial charge on any atom is -0.406 e. The Labute approximate surface area is 122 Å². The van der Waals surface area contributed by atoms with Crippen molar-refractivity contribution in [3.8, 4) is 0 Å². The number of hydrogen-bond donors (Lipinski definition) is 2. The third kappa shape index (κ3) is 3.23. The maximum absolute atomic E-state index is 13.1. The second-order valence-electron chi connectivity index (χ2n) is 3.83. The van der Waals surface area contributed by atoms with Crippen molar-refractivity contribution in [3.05, 3.63) is 33.3 Å². The first-order valence-electron chi connectivity index (χ1n) is 5.43. The van der Waals surface area contributed by atoms with E-state index < -0.39 is 5.82 Å². The number of nitrogens with zero attached hydrogens (tertiary/aromatic N) is 2. The number of anilines is 2. The summed E-state index contributed by atoms with van der Waals surface area (Å²) >= 11 is 9.16. The summed E-state index contributed by atoms with van der Waals surface area (Å²) in [7, 11) is 1.79. The standard InChI is InChI=1S/C11H11BrClFN4O/c1-5(15-2)10-17-18-11(19-10)16-9-7(12)3-6(14)4-8(9)13/h3-5,15H,1-2H3,(H,16,18). The molecule has 19 heavy (non-hydrogen) atoms. The number of benzene rings is 1. The largest absolute Gasteiger partial charge is 0.406 e. The van der Waals surface area contributed by atoms with Crippen molar-refractivity contribution in [2.45, 2.75) is 13.0 Å². The van der Waals surface area contributed by atoms with Crippen molar-refractivity contribution < 1.29 is 8.81 Å². The molecule has 0 aliphatic heterocycles. The van der Waals surface area contributed by atoms with E-state index in [0.29, 0.717) is 16.1 Å². The Kier molecular flexibility index (Phi) is 4.38. The Bertz CT molecular complexity index is 569. The van der Waals surface area contributed by atoms with Crippen LogP contribution in [0.25, 0.3) is 0 Å². The fourth-order valence-corrected chi connectivity index (χ4v) is 2.25. The SMILES string of the molecule is CNC(C)c1nnc(Nc2c(Cl)cc(F)cc2Br)o1. The van der Waals surface area contributed by atoms with Gasteiger partial charge in [0.05, 0.1) is 16.8 Å². The molecule has 0 aliphatic carbocycles. The van der Waals surface area contributed by atoms with Crippen LogP contribution in [0.1, 0.15) is 18.9 Å². The van der Waals surface area contributed by atoms with Crippen LogP contribution in [-0.4, -0.2) is 17.2 Å². The molecular formula is C11H11BrClFN4O. The third-order valence-corrected chi connectivity index (χ3v) is 3.41. The van der Waals surface area contributed by atoms with Crippen LogP contribution in [0.2, 0.25) is 5.02 Å². The maximum Gasteiger partial charge on any atom is 0.320 e. The molecule has 0 saturated heterocycles. The van der Waals surface area contributed by atoms with Gasteiger partial charge in [-0.1, -0.05) is 16.7 Å². The van der Waals surface area contributed by atoms with Gasteiger partial charge in [0.25, 0.3) is 0 Å². The highest BCUT2D eigenvalue weighted by molar-refractivity contribution is 9.10. The zero-order valence-corrected chi connectivity index (χ0v) is 12.5. The van der Waals surface area contributed by atoms with Gasteiger partial charge in [0.1, 0.15) is 5.82 Å². The minimum absolute atomic E-state index is 0.0600. The quantitative estimate of drug-likeness (QED) is 0.882. The Balaban J connectivity index is 2.24. The van der Waals surface area contributed by atoms with Gasteiger partial charge < -0.3 is 15.1 Å². The smallest absolute Gasteiger partial charge is 0.320 e. The first-order valence-corrected chi connectivity index (χ1v) is 6.60. The second kappa shape index (κ2) is 5.85. The lowest BCUT2D eigenvalue weighted by Gasteiger charge is -2.07. The van der Waals surface area contributed by atoms with Crippen LogP contribution in [0.3, 0.4) is 0 Å². The normalized spacial score (nSPS) is 12.5. The molecule has 2 aromatic rings. The van der Waals surface area contributed by atoms with E-state index in [1.807, 2.05) is 6.92 Å². The Morgan fingerprint density at radius 1 is 1.42 bits per heavy atom. The number of rotatable bonds is 4. The summed E-state index contributed by atoms with van der Waals surface area (Å²) in [6.45, 7) is 1.89. The Morgan fingerprint density at radius 2 is 2.16 bits per heavy atom. The van der Waals surface area contributed by atoms with Crippen molar-refractivity contribution in [2.75, 3.05) is 12.4 Å². The van der Waals surface area contributed by atoms with E-state index >= 15 is 0 Å². The van der Waals surface area contributed by atoms with Gasteiger partial charge in [0.2, 0.25) is 5.89 Å². The van der Waals surface area contributed by atoms with Crippen molar-refractivity contribution in [1.29, 1.82) is 0 Å². The van der Waals surface area contributed by atoms with Crippen molar-refractivity contribution >= 4 is 39.2 Å². The van der Waals surface area contributed by atoms with Crippen molar-refractivity contribution in [1.82, 2.24) is 15.5 Å². The summed E-state index contributed by atoms with van der Waals surface area (Å²) < 4.78 is 19.0. The lowest BCUT2D eigenvalue weighted by atomic mass is 10.3. The van der Waals surface area contributed by atoms with Gasteiger partial charge >= 0.3 is 6.01 Å². The van der Waals surface area contributed by atoms with Crippen LogP contribution in [0.5, 0.6) is 0 Å². The summed E-state index contributed by atoms with van der Waals surface area (Å²) in [5.41, 5.74) is 0.468. The monoisotopic (exact) mass is 348 g/mol. The predicted octanol–water partition coefficient (Wildman–Crippen LogP) is 3.65. The zero-order valence-electron chi connectivity index (χ0n) is 10.2. The average Bonchev–Trinajstić information content (AvgIpc) is 2.81. The summed E-state index contributed by atoms with van der Waals surface area (Å²) in [5, 5.41) is 13.8. The highest BCUT2D eigenvalue weighted by atomic mass is 79.9. The highest BCUT2D eigenvalue weighted by Gasteiger charge is 2.14. The lowest BCUT2D eigenvalue weighted by molar-refractivity contribution is 0.443. The van der Waals surface area contributed by atoms with Crippen molar-refractivity contribution in [3.63, 3.8) is 0 Å². The molecule has 8 heteroatoms.